The predicted octanol–water partition coefficient (Wildman–Crippen LogP) is 0.787. The number of carbonyl (C=O) groups excluding carboxylic acids is 2. The molecule has 0 saturated carbocycles. The predicted molar refractivity (Wildman–Crippen MR) is 115 cm³/mol. The van der Waals surface area contributed by atoms with Gasteiger partial charge in [0.25, 0.3) is 0 Å². The number of hydrogen-bond donors (Lipinski definition) is 2. The molecule has 2 amide bonds. The van der Waals surface area contributed by atoms with Gasteiger partial charge in [0.2, 0.25) is 11.8 Å². The molecule has 0 saturated heterocycles. The zero-order valence-electron chi connectivity index (χ0n) is 18.5. The van der Waals surface area contributed by atoms with Crippen LogP contribution in [0.5, 0.6) is 0 Å². The van der Waals surface area contributed by atoms with E-state index in [-0.39, 0.29) is 24.5 Å². The molecule has 1 rings (SSSR count). The van der Waals surface area contributed by atoms with Gasteiger partial charge in [-0.2, -0.15) is 0 Å². The molecule has 9 nitrogen and oxygen atoms in total. The average Bonchev–Trinajstić information content (AvgIpc) is 2.72. The van der Waals surface area contributed by atoms with Crippen molar-refractivity contribution in [3.8, 4) is 11.8 Å². The summed E-state index contributed by atoms with van der Waals surface area (Å²) in [5.74, 6) is 5.71. The largest absolute Gasteiger partial charge is 0.379 e. The molecule has 9 heteroatoms. The van der Waals surface area contributed by atoms with Crippen molar-refractivity contribution < 1.29 is 33.3 Å². The van der Waals surface area contributed by atoms with Crippen molar-refractivity contribution in [1.29, 1.82) is 0 Å². The lowest BCUT2D eigenvalue weighted by Crippen LogP contribution is -2.32. The van der Waals surface area contributed by atoms with Crippen molar-refractivity contribution in [2.75, 3.05) is 66.0 Å². The molecule has 0 aromatic rings. The van der Waals surface area contributed by atoms with Crippen LogP contribution in [0.25, 0.3) is 0 Å². The molecule has 1 unspecified atom stereocenters. The van der Waals surface area contributed by atoms with E-state index in [0.717, 1.165) is 25.7 Å². The first-order valence-corrected chi connectivity index (χ1v) is 11.1. The Morgan fingerprint density at radius 1 is 0.871 bits per heavy atom. The highest BCUT2D eigenvalue weighted by Crippen LogP contribution is 2.10. The highest BCUT2D eigenvalue weighted by molar-refractivity contribution is 5.77. The number of primary amides is 1. The number of nitrogens with two attached hydrogens (primary N) is 1. The molecule has 0 radical (unpaired) electrons. The fourth-order valence-electron chi connectivity index (χ4n) is 2.70. The molecule has 1 aliphatic rings. The third-order valence-electron chi connectivity index (χ3n) is 4.34. The number of hydrogen-bond acceptors (Lipinski definition) is 7. The van der Waals surface area contributed by atoms with Gasteiger partial charge in [-0.25, -0.2) is 0 Å². The minimum Gasteiger partial charge on any atom is -0.379 e. The van der Waals surface area contributed by atoms with E-state index in [1.807, 2.05) is 0 Å². The molecule has 178 valence electrons. The number of ether oxygens (including phenoxy) is 5. The minimum absolute atomic E-state index is 0.0286. The summed E-state index contributed by atoms with van der Waals surface area (Å²) in [6.45, 7) is 4.21. The van der Waals surface area contributed by atoms with Crippen LogP contribution >= 0.6 is 0 Å². The van der Waals surface area contributed by atoms with Crippen LogP contribution in [0.15, 0.2) is 0 Å². The third kappa shape index (κ3) is 18.8. The molecule has 0 aromatic carbocycles. The van der Waals surface area contributed by atoms with E-state index >= 15 is 0 Å². The van der Waals surface area contributed by atoms with Crippen LogP contribution in [0.2, 0.25) is 0 Å². The Hall–Kier alpha value is -1.70. The van der Waals surface area contributed by atoms with Crippen LogP contribution in [0.3, 0.4) is 0 Å². The molecule has 0 fully saturated rings. The van der Waals surface area contributed by atoms with E-state index < -0.39 is 0 Å². The molecule has 0 heterocycles. The summed E-state index contributed by atoms with van der Waals surface area (Å²) >= 11 is 0. The Bertz CT molecular complexity index is 534. The smallest absolute Gasteiger partial charge is 0.246 e. The Morgan fingerprint density at radius 2 is 1.52 bits per heavy atom. The van der Waals surface area contributed by atoms with Crippen LogP contribution in [-0.4, -0.2) is 83.9 Å². The third-order valence-corrected chi connectivity index (χ3v) is 4.34. The first kappa shape index (κ1) is 27.3. The van der Waals surface area contributed by atoms with Gasteiger partial charge in [-0.15, -0.1) is 5.92 Å². The van der Waals surface area contributed by atoms with Gasteiger partial charge in [-0.1, -0.05) is 12.3 Å². The Balaban J connectivity index is 1.79. The fourth-order valence-corrected chi connectivity index (χ4v) is 2.70. The van der Waals surface area contributed by atoms with Gasteiger partial charge in [0.1, 0.15) is 12.7 Å². The summed E-state index contributed by atoms with van der Waals surface area (Å²) in [6.07, 6.45) is 6.05. The minimum atomic E-state index is -0.313. The lowest BCUT2D eigenvalue weighted by atomic mass is 10.1. The molecule has 1 atom stereocenters. The van der Waals surface area contributed by atoms with Gasteiger partial charge < -0.3 is 34.7 Å². The molecule has 0 aliphatic heterocycles. The molecule has 0 spiro atoms. The second kappa shape index (κ2) is 20.2. The van der Waals surface area contributed by atoms with Crippen LogP contribution < -0.4 is 11.1 Å². The van der Waals surface area contributed by atoms with E-state index in [4.69, 9.17) is 29.4 Å². The lowest BCUT2D eigenvalue weighted by Gasteiger charge is -2.13. The number of amides is 2. The van der Waals surface area contributed by atoms with E-state index in [1.54, 1.807) is 0 Å². The standard InChI is InChI=1S/C22H38N2O7/c23-21(25)9-6-11-27-13-15-29-17-18-30-16-14-28-12-10-24-22(26)19-31-20-7-4-2-1-3-5-8-20/h20H,1-4,6-7,9-19H2,(H2,23,25)(H,24,26). The molecule has 31 heavy (non-hydrogen) atoms. The van der Waals surface area contributed by atoms with E-state index in [0.29, 0.717) is 72.2 Å². The summed E-state index contributed by atoms with van der Waals surface area (Å²) in [7, 11) is 0. The maximum absolute atomic E-state index is 11.8. The van der Waals surface area contributed by atoms with Gasteiger partial charge >= 0.3 is 0 Å². The van der Waals surface area contributed by atoms with Crippen molar-refractivity contribution in [2.24, 2.45) is 5.73 Å². The van der Waals surface area contributed by atoms with E-state index in [2.05, 4.69) is 17.2 Å². The van der Waals surface area contributed by atoms with Crippen molar-refractivity contribution >= 4 is 11.8 Å². The quantitative estimate of drug-likeness (QED) is 0.224. The van der Waals surface area contributed by atoms with Crippen LogP contribution in [0.4, 0.5) is 0 Å². The average molecular weight is 443 g/mol. The van der Waals surface area contributed by atoms with Crippen LogP contribution in [-0.2, 0) is 33.3 Å². The molecule has 3 N–H and O–H groups in total. The molecule has 0 aromatic heterocycles. The van der Waals surface area contributed by atoms with E-state index in [1.165, 1.54) is 6.42 Å². The van der Waals surface area contributed by atoms with Crippen LogP contribution in [0.1, 0.15) is 44.9 Å². The molecule has 1 aliphatic carbocycles. The van der Waals surface area contributed by atoms with Gasteiger partial charge in [-0.05, 0) is 25.7 Å². The summed E-state index contributed by atoms with van der Waals surface area (Å²) in [6, 6.07) is 0. The highest BCUT2D eigenvalue weighted by atomic mass is 16.6. The maximum atomic E-state index is 11.8. The Kier molecular flexibility index (Phi) is 17.8. The van der Waals surface area contributed by atoms with Crippen molar-refractivity contribution in [2.45, 2.75) is 51.0 Å². The lowest BCUT2D eigenvalue weighted by molar-refractivity contribution is -0.127. The zero-order chi connectivity index (χ0) is 22.4. The second-order valence-corrected chi connectivity index (χ2v) is 7.09. The number of nitrogens with one attached hydrogen (secondary N) is 1. The van der Waals surface area contributed by atoms with Gasteiger partial charge in [0.05, 0.1) is 46.2 Å². The van der Waals surface area contributed by atoms with Crippen molar-refractivity contribution in [3.63, 3.8) is 0 Å². The molecule has 0 bridgehead atoms. The Morgan fingerprint density at radius 3 is 2.19 bits per heavy atom. The summed E-state index contributed by atoms with van der Waals surface area (Å²) < 4.78 is 27.1. The maximum Gasteiger partial charge on any atom is 0.246 e. The number of carbonyl (C=O) groups is 2. The summed E-state index contributed by atoms with van der Waals surface area (Å²) in [4.78, 5) is 22.3. The van der Waals surface area contributed by atoms with Gasteiger partial charge in [0.15, 0.2) is 0 Å². The van der Waals surface area contributed by atoms with Crippen LogP contribution in [0, 0.1) is 11.8 Å². The van der Waals surface area contributed by atoms with Gasteiger partial charge in [-0.3, -0.25) is 9.59 Å². The number of rotatable bonds is 19. The van der Waals surface area contributed by atoms with Gasteiger partial charge in [0, 0.05) is 26.0 Å². The fraction of sp³-hybridized carbons (Fsp3) is 0.818. The first-order chi connectivity index (χ1) is 15.2. The SMILES string of the molecule is NC(=O)CCCOCCOCCOCCOCCNC(=O)COC1C#CCCCCC1. The topological polar surface area (TPSA) is 118 Å². The van der Waals surface area contributed by atoms with Crippen molar-refractivity contribution in [1.82, 2.24) is 5.32 Å². The monoisotopic (exact) mass is 442 g/mol. The Labute approximate surface area is 185 Å². The first-order valence-electron chi connectivity index (χ1n) is 11.1. The molecular formula is C22H38N2O7. The zero-order valence-corrected chi connectivity index (χ0v) is 18.5. The highest BCUT2D eigenvalue weighted by Gasteiger charge is 2.10. The summed E-state index contributed by atoms with van der Waals surface area (Å²) in [5.41, 5.74) is 5.03. The molecular weight excluding hydrogens is 404 g/mol. The van der Waals surface area contributed by atoms with Crippen molar-refractivity contribution in [3.05, 3.63) is 0 Å². The van der Waals surface area contributed by atoms with E-state index in [9.17, 15) is 9.59 Å². The second-order valence-electron chi connectivity index (χ2n) is 7.09. The normalized spacial score (nSPS) is 16.1. The summed E-state index contributed by atoms with van der Waals surface area (Å²) in [5, 5.41) is 2.77.